The van der Waals surface area contributed by atoms with E-state index in [0.717, 1.165) is 0 Å². The molecule has 2 atom stereocenters. The third-order valence-electron chi connectivity index (χ3n) is 4.82. The molecular weight excluding hydrogens is 426 g/mol. The molecule has 1 N–H and O–H groups in total. The highest BCUT2D eigenvalue weighted by Crippen LogP contribution is 2.20. The SMILES string of the molecule is CC(C(=O)OCC(=O)O[C@H](CC(=O)O)C[N+](C)(C)C)c1cccc(C(=O)c2ccccc2)c1. The molecule has 0 saturated carbocycles. The Labute approximate surface area is 193 Å². The van der Waals surface area contributed by atoms with Crippen molar-refractivity contribution < 1.29 is 38.2 Å². The van der Waals surface area contributed by atoms with E-state index in [1.54, 1.807) is 55.5 Å². The van der Waals surface area contributed by atoms with Crippen LogP contribution in [0, 0.1) is 0 Å². The molecule has 8 heteroatoms. The Morgan fingerprint density at radius 2 is 1.58 bits per heavy atom. The van der Waals surface area contributed by atoms with Gasteiger partial charge in [0.15, 0.2) is 18.5 Å². The first-order valence-electron chi connectivity index (χ1n) is 10.5. The van der Waals surface area contributed by atoms with Crippen molar-refractivity contribution >= 4 is 23.7 Å². The Morgan fingerprint density at radius 3 is 2.18 bits per heavy atom. The summed E-state index contributed by atoms with van der Waals surface area (Å²) < 4.78 is 10.7. The summed E-state index contributed by atoms with van der Waals surface area (Å²) in [4.78, 5) is 48.3. The van der Waals surface area contributed by atoms with Gasteiger partial charge in [0, 0.05) is 11.1 Å². The Morgan fingerprint density at radius 1 is 0.939 bits per heavy atom. The highest BCUT2D eigenvalue weighted by Gasteiger charge is 2.26. The smallest absolute Gasteiger partial charge is 0.344 e. The fraction of sp³-hybridized carbons (Fsp3) is 0.360. The van der Waals surface area contributed by atoms with Crippen molar-refractivity contribution in [1.29, 1.82) is 0 Å². The Hall–Kier alpha value is -3.52. The maximum atomic E-state index is 12.7. The number of rotatable bonds is 11. The highest BCUT2D eigenvalue weighted by molar-refractivity contribution is 6.09. The normalized spacial score (nSPS) is 13.0. The summed E-state index contributed by atoms with van der Waals surface area (Å²) in [6, 6.07) is 15.5. The van der Waals surface area contributed by atoms with Crippen molar-refractivity contribution in [2.75, 3.05) is 34.3 Å². The van der Waals surface area contributed by atoms with Crippen LogP contribution in [0.25, 0.3) is 0 Å². The number of hydrogen-bond acceptors (Lipinski definition) is 6. The highest BCUT2D eigenvalue weighted by atomic mass is 16.6. The monoisotopic (exact) mass is 456 g/mol. The van der Waals surface area contributed by atoms with Crippen LogP contribution in [0.5, 0.6) is 0 Å². The average Bonchev–Trinajstić information content (AvgIpc) is 2.75. The van der Waals surface area contributed by atoms with E-state index < -0.39 is 36.5 Å². The van der Waals surface area contributed by atoms with Gasteiger partial charge < -0.3 is 19.1 Å². The van der Waals surface area contributed by atoms with Gasteiger partial charge in [0.1, 0.15) is 6.54 Å². The van der Waals surface area contributed by atoms with Gasteiger partial charge in [-0.05, 0) is 18.6 Å². The molecule has 2 aromatic rings. The third kappa shape index (κ3) is 8.50. The molecule has 0 spiro atoms. The zero-order chi connectivity index (χ0) is 24.6. The minimum atomic E-state index is -1.09. The summed E-state index contributed by atoms with van der Waals surface area (Å²) in [5.74, 6) is -3.44. The molecule has 1 unspecified atom stereocenters. The second-order valence-corrected chi connectivity index (χ2v) is 8.83. The predicted octanol–water partition coefficient (Wildman–Crippen LogP) is 2.66. The number of ether oxygens (including phenoxy) is 2. The fourth-order valence-corrected chi connectivity index (χ4v) is 3.27. The van der Waals surface area contributed by atoms with Gasteiger partial charge in [0.2, 0.25) is 0 Å². The molecule has 0 aromatic heterocycles. The summed E-state index contributed by atoms with van der Waals surface area (Å²) in [5.41, 5.74) is 1.55. The van der Waals surface area contributed by atoms with Gasteiger partial charge in [-0.3, -0.25) is 14.4 Å². The van der Waals surface area contributed by atoms with Crippen molar-refractivity contribution in [1.82, 2.24) is 0 Å². The molecule has 2 rings (SSSR count). The van der Waals surface area contributed by atoms with Crippen molar-refractivity contribution in [2.24, 2.45) is 0 Å². The zero-order valence-electron chi connectivity index (χ0n) is 19.3. The summed E-state index contributed by atoms with van der Waals surface area (Å²) in [6.07, 6.45) is -1.18. The molecule has 8 nitrogen and oxygen atoms in total. The molecular formula is C25H30NO7+. The number of likely N-dealkylation sites (N-methyl/N-ethyl adjacent to an activating group) is 1. The topological polar surface area (TPSA) is 107 Å². The molecule has 0 fully saturated rings. The molecule has 0 amide bonds. The summed E-state index contributed by atoms with van der Waals surface area (Å²) in [5, 5.41) is 9.04. The van der Waals surface area contributed by atoms with E-state index in [4.69, 9.17) is 14.6 Å². The first-order chi connectivity index (χ1) is 15.5. The summed E-state index contributed by atoms with van der Waals surface area (Å²) >= 11 is 0. The van der Waals surface area contributed by atoms with E-state index in [-0.39, 0.29) is 12.2 Å². The van der Waals surface area contributed by atoms with E-state index >= 15 is 0 Å². The first kappa shape index (κ1) is 25.7. The Balaban J connectivity index is 1.98. The number of nitrogens with zero attached hydrogens (tertiary/aromatic N) is 1. The minimum absolute atomic E-state index is 0.164. The largest absolute Gasteiger partial charge is 0.481 e. The Bertz CT molecular complexity index is 995. The number of quaternary nitrogens is 1. The van der Waals surface area contributed by atoms with Crippen LogP contribution in [0.2, 0.25) is 0 Å². The van der Waals surface area contributed by atoms with E-state index in [0.29, 0.717) is 27.7 Å². The van der Waals surface area contributed by atoms with E-state index in [1.807, 2.05) is 27.2 Å². The maximum Gasteiger partial charge on any atom is 0.344 e. The lowest BCUT2D eigenvalue weighted by Crippen LogP contribution is -2.44. The summed E-state index contributed by atoms with van der Waals surface area (Å²) in [7, 11) is 5.54. The van der Waals surface area contributed by atoms with E-state index in [2.05, 4.69) is 0 Å². The molecule has 0 aliphatic heterocycles. The molecule has 0 bridgehead atoms. The van der Waals surface area contributed by atoms with Crippen molar-refractivity contribution in [2.45, 2.75) is 25.4 Å². The molecule has 33 heavy (non-hydrogen) atoms. The molecule has 0 aliphatic carbocycles. The van der Waals surface area contributed by atoms with Crippen LogP contribution in [0.3, 0.4) is 0 Å². The Kier molecular flexibility index (Phi) is 8.87. The minimum Gasteiger partial charge on any atom is -0.481 e. The number of benzene rings is 2. The van der Waals surface area contributed by atoms with Crippen LogP contribution in [0.1, 0.15) is 40.7 Å². The second-order valence-electron chi connectivity index (χ2n) is 8.83. The average molecular weight is 457 g/mol. The molecule has 0 saturated heterocycles. The fourth-order valence-electron chi connectivity index (χ4n) is 3.27. The molecule has 0 heterocycles. The van der Waals surface area contributed by atoms with E-state index in [9.17, 15) is 19.2 Å². The number of carboxylic acid groups (broad SMARTS) is 1. The lowest BCUT2D eigenvalue weighted by Gasteiger charge is -2.28. The van der Waals surface area contributed by atoms with Crippen molar-refractivity contribution in [3.8, 4) is 0 Å². The maximum absolute atomic E-state index is 12.7. The van der Waals surface area contributed by atoms with Gasteiger partial charge in [-0.2, -0.15) is 0 Å². The number of carbonyl (C=O) groups excluding carboxylic acids is 3. The van der Waals surface area contributed by atoms with Gasteiger partial charge in [-0.25, -0.2) is 4.79 Å². The standard InChI is InChI=1S/C25H29NO7/c1-17(19-11-8-12-20(13-19)24(30)18-9-6-5-7-10-18)25(31)32-16-23(29)33-21(14-22(27)28)15-26(2,3)4/h5-13,17,21H,14-16H2,1-4H3/p+1/t17?,21-/m1/s1. The molecule has 0 aliphatic rings. The molecule has 176 valence electrons. The first-order valence-corrected chi connectivity index (χ1v) is 10.5. The van der Waals surface area contributed by atoms with Crippen LogP contribution in [-0.2, 0) is 23.9 Å². The van der Waals surface area contributed by atoms with Crippen molar-refractivity contribution in [3.63, 3.8) is 0 Å². The number of hydrogen-bond donors (Lipinski definition) is 1. The molecule has 0 radical (unpaired) electrons. The second kappa shape index (κ2) is 11.4. The van der Waals surface area contributed by atoms with Gasteiger partial charge in [0.25, 0.3) is 0 Å². The number of carboxylic acids is 1. The zero-order valence-corrected chi connectivity index (χ0v) is 19.3. The number of esters is 2. The van der Waals surface area contributed by atoms with Gasteiger partial charge in [0.05, 0.1) is 33.5 Å². The van der Waals surface area contributed by atoms with Crippen LogP contribution in [0.15, 0.2) is 54.6 Å². The van der Waals surface area contributed by atoms with Crippen LogP contribution >= 0.6 is 0 Å². The van der Waals surface area contributed by atoms with Crippen LogP contribution in [-0.4, -0.2) is 73.7 Å². The number of aliphatic carboxylic acids is 1. The van der Waals surface area contributed by atoms with Gasteiger partial charge in [-0.1, -0.05) is 48.5 Å². The molecule has 2 aromatic carbocycles. The quantitative estimate of drug-likeness (QED) is 0.315. The lowest BCUT2D eigenvalue weighted by molar-refractivity contribution is -0.873. The third-order valence-corrected chi connectivity index (χ3v) is 4.82. The number of ketones is 1. The van der Waals surface area contributed by atoms with Gasteiger partial charge >= 0.3 is 17.9 Å². The van der Waals surface area contributed by atoms with Crippen LogP contribution < -0.4 is 0 Å². The van der Waals surface area contributed by atoms with Crippen molar-refractivity contribution in [3.05, 3.63) is 71.3 Å². The number of carbonyl (C=O) groups is 4. The lowest BCUT2D eigenvalue weighted by atomic mass is 9.96. The van der Waals surface area contributed by atoms with Crippen LogP contribution in [0.4, 0.5) is 0 Å². The predicted molar refractivity (Wildman–Crippen MR) is 121 cm³/mol. The summed E-state index contributed by atoms with van der Waals surface area (Å²) in [6.45, 7) is 1.29. The van der Waals surface area contributed by atoms with Gasteiger partial charge in [-0.15, -0.1) is 0 Å². The van der Waals surface area contributed by atoms with E-state index in [1.165, 1.54) is 0 Å².